The number of aromatic nitrogens is 1. The Kier molecular flexibility index (Phi) is 4.31. The van der Waals surface area contributed by atoms with E-state index in [2.05, 4.69) is 33.0 Å². The van der Waals surface area contributed by atoms with Crippen molar-refractivity contribution in [2.45, 2.75) is 45.1 Å². The van der Waals surface area contributed by atoms with Crippen LogP contribution in [0, 0.1) is 6.92 Å². The van der Waals surface area contributed by atoms with E-state index in [1.807, 2.05) is 13.0 Å². The number of hydrogen-bond acceptors (Lipinski definition) is 3. The van der Waals surface area contributed by atoms with Crippen LogP contribution in [0.3, 0.4) is 0 Å². The van der Waals surface area contributed by atoms with Crippen molar-refractivity contribution in [3.05, 3.63) is 40.2 Å². The summed E-state index contributed by atoms with van der Waals surface area (Å²) < 4.78 is 0. The van der Waals surface area contributed by atoms with Crippen molar-refractivity contribution in [2.24, 2.45) is 0 Å². The summed E-state index contributed by atoms with van der Waals surface area (Å²) in [7, 11) is 0. The maximum Gasteiger partial charge on any atom is 0.271 e. The van der Waals surface area contributed by atoms with Crippen LogP contribution in [0.4, 0.5) is 5.69 Å². The molecule has 4 rings (SSSR count). The van der Waals surface area contributed by atoms with Gasteiger partial charge in [0.05, 0.1) is 5.52 Å². The van der Waals surface area contributed by atoms with Gasteiger partial charge < -0.3 is 14.8 Å². The third-order valence-corrected chi connectivity index (χ3v) is 5.78. The summed E-state index contributed by atoms with van der Waals surface area (Å²) in [5.74, 6) is 0. The molecule has 128 valence electrons. The number of anilines is 1. The van der Waals surface area contributed by atoms with Gasteiger partial charge in [-0.1, -0.05) is 24.6 Å². The second-order valence-electron chi connectivity index (χ2n) is 7.34. The molecule has 0 saturated carbocycles. The molecule has 0 radical (unpaired) electrons. The van der Waals surface area contributed by atoms with E-state index in [4.69, 9.17) is 0 Å². The monoisotopic (exact) mass is 325 g/mol. The molecule has 0 aliphatic carbocycles. The molecular formula is C20H27N3O. The predicted molar refractivity (Wildman–Crippen MR) is 100.0 cm³/mol. The average Bonchev–Trinajstić information content (AvgIpc) is 2.63. The van der Waals surface area contributed by atoms with Gasteiger partial charge in [0, 0.05) is 24.5 Å². The molecule has 2 aromatic rings. The highest BCUT2D eigenvalue weighted by Crippen LogP contribution is 2.25. The first-order valence-corrected chi connectivity index (χ1v) is 9.34. The molecule has 24 heavy (non-hydrogen) atoms. The molecule has 1 N–H and O–H groups in total. The van der Waals surface area contributed by atoms with Gasteiger partial charge in [0.2, 0.25) is 0 Å². The molecule has 0 spiro atoms. The molecule has 2 saturated heterocycles. The van der Waals surface area contributed by atoms with Crippen molar-refractivity contribution in [1.29, 1.82) is 0 Å². The first kappa shape index (κ1) is 15.7. The van der Waals surface area contributed by atoms with E-state index < -0.39 is 0 Å². The van der Waals surface area contributed by atoms with Crippen LogP contribution in [0.1, 0.15) is 37.7 Å². The Morgan fingerprint density at radius 2 is 1.79 bits per heavy atom. The number of benzene rings is 1. The molecule has 1 aromatic carbocycles. The first-order valence-electron chi connectivity index (χ1n) is 9.34. The Morgan fingerprint density at radius 3 is 2.54 bits per heavy atom. The van der Waals surface area contributed by atoms with Crippen molar-refractivity contribution >= 4 is 16.6 Å². The van der Waals surface area contributed by atoms with Gasteiger partial charge in [-0.15, -0.1) is 0 Å². The number of rotatable bonds is 2. The normalized spacial score (nSPS) is 20.6. The van der Waals surface area contributed by atoms with Crippen molar-refractivity contribution in [1.82, 2.24) is 9.88 Å². The number of para-hydroxylation sites is 1. The SMILES string of the molecule is Cc1cccc2cc(N3CCC(N4CCCCC4)CC3)c(=O)[nH]c12. The zero-order valence-corrected chi connectivity index (χ0v) is 14.6. The number of aryl methyl sites for hydroxylation is 1. The highest BCUT2D eigenvalue weighted by atomic mass is 16.1. The highest BCUT2D eigenvalue weighted by molar-refractivity contribution is 5.84. The number of H-pyrrole nitrogens is 1. The van der Waals surface area contributed by atoms with E-state index in [-0.39, 0.29) is 5.56 Å². The van der Waals surface area contributed by atoms with Gasteiger partial charge in [0.1, 0.15) is 5.69 Å². The van der Waals surface area contributed by atoms with Crippen molar-refractivity contribution < 1.29 is 0 Å². The van der Waals surface area contributed by atoms with Crippen LogP contribution in [0.25, 0.3) is 10.9 Å². The number of likely N-dealkylation sites (tertiary alicyclic amines) is 1. The third kappa shape index (κ3) is 2.95. The summed E-state index contributed by atoms with van der Waals surface area (Å²) in [6, 6.07) is 8.97. The van der Waals surface area contributed by atoms with Crippen LogP contribution in [0.5, 0.6) is 0 Å². The highest BCUT2D eigenvalue weighted by Gasteiger charge is 2.26. The Hall–Kier alpha value is -1.81. The standard InChI is InChI=1S/C20H27N3O/c1-15-6-5-7-16-14-18(20(24)21-19(15)16)23-12-8-17(9-13-23)22-10-3-2-4-11-22/h5-7,14,17H,2-4,8-13H2,1H3,(H,21,24). The minimum Gasteiger partial charge on any atom is -0.367 e. The van der Waals surface area contributed by atoms with Gasteiger partial charge >= 0.3 is 0 Å². The summed E-state index contributed by atoms with van der Waals surface area (Å²) in [5, 5.41) is 1.13. The molecule has 4 heteroatoms. The van der Waals surface area contributed by atoms with Crippen molar-refractivity contribution in [3.63, 3.8) is 0 Å². The summed E-state index contributed by atoms with van der Waals surface area (Å²) >= 11 is 0. The summed E-state index contributed by atoms with van der Waals surface area (Å²) in [4.78, 5) is 20.6. The number of hydrogen-bond donors (Lipinski definition) is 1. The topological polar surface area (TPSA) is 39.3 Å². The number of fused-ring (bicyclic) bond motifs is 1. The molecule has 2 aliphatic rings. The number of aromatic amines is 1. The number of nitrogens with one attached hydrogen (secondary N) is 1. The van der Waals surface area contributed by atoms with Crippen LogP contribution in [-0.4, -0.2) is 42.1 Å². The van der Waals surface area contributed by atoms with Crippen LogP contribution in [-0.2, 0) is 0 Å². The van der Waals surface area contributed by atoms with E-state index in [9.17, 15) is 4.79 Å². The fourth-order valence-electron chi connectivity index (χ4n) is 4.36. The summed E-state index contributed by atoms with van der Waals surface area (Å²) in [6.07, 6.45) is 6.44. The lowest BCUT2D eigenvalue weighted by molar-refractivity contribution is 0.141. The molecule has 2 aliphatic heterocycles. The molecular weight excluding hydrogens is 298 g/mol. The van der Waals surface area contributed by atoms with Crippen LogP contribution in [0.15, 0.2) is 29.1 Å². The molecule has 0 unspecified atom stereocenters. The molecule has 0 bridgehead atoms. The Morgan fingerprint density at radius 1 is 1.04 bits per heavy atom. The number of piperidine rings is 2. The van der Waals surface area contributed by atoms with E-state index >= 15 is 0 Å². The largest absolute Gasteiger partial charge is 0.367 e. The maximum absolute atomic E-state index is 12.6. The summed E-state index contributed by atoms with van der Waals surface area (Å²) in [6.45, 7) is 6.55. The number of nitrogens with zero attached hydrogens (tertiary/aromatic N) is 2. The van der Waals surface area contributed by atoms with Gasteiger partial charge in [-0.3, -0.25) is 4.79 Å². The lowest BCUT2D eigenvalue weighted by Gasteiger charge is -2.40. The van der Waals surface area contributed by atoms with Gasteiger partial charge in [-0.2, -0.15) is 0 Å². The van der Waals surface area contributed by atoms with E-state index in [1.165, 1.54) is 45.2 Å². The van der Waals surface area contributed by atoms with Gasteiger partial charge in [0.15, 0.2) is 0 Å². The van der Waals surface area contributed by atoms with Crippen molar-refractivity contribution in [3.8, 4) is 0 Å². The zero-order chi connectivity index (χ0) is 16.5. The van der Waals surface area contributed by atoms with E-state index in [0.29, 0.717) is 6.04 Å². The second-order valence-corrected chi connectivity index (χ2v) is 7.34. The Balaban J connectivity index is 1.52. The Labute approximate surface area is 143 Å². The first-order chi connectivity index (χ1) is 11.7. The second kappa shape index (κ2) is 6.60. The van der Waals surface area contributed by atoms with Crippen molar-refractivity contribution in [2.75, 3.05) is 31.1 Å². The average molecular weight is 325 g/mol. The molecule has 0 atom stereocenters. The van der Waals surface area contributed by atoms with Gasteiger partial charge in [-0.25, -0.2) is 0 Å². The van der Waals surface area contributed by atoms with Crippen LogP contribution < -0.4 is 10.5 Å². The fraction of sp³-hybridized carbons (Fsp3) is 0.550. The van der Waals surface area contributed by atoms with E-state index in [1.54, 1.807) is 0 Å². The van der Waals surface area contributed by atoms with Crippen LogP contribution in [0.2, 0.25) is 0 Å². The third-order valence-electron chi connectivity index (χ3n) is 5.78. The van der Waals surface area contributed by atoms with Gasteiger partial charge in [-0.05, 0) is 57.3 Å². The molecule has 3 heterocycles. The quantitative estimate of drug-likeness (QED) is 0.921. The summed E-state index contributed by atoms with van der Waals surface area (Å²) in [5.41, 5.74) is 2.98. The molecule has 2 fully saturated rings. The number of pyridine rings is 1. The predicted octanol–water partition coefficient (Wildman–Crippen LogP) is 3.29. The minimum absolute atomic E-state index is 0.0493. The molecule has 4 nitrogen and oxygen atoms in total. The van der Waals surface area contributed by atoms with Crippen LogP contribution >= 0.6 is 0 Å². The Bertz CT molecular complexity index is 768. The fourth-order valence-corrected chi connectivity index (χ4v) is 4.36. The molecule has 1 aromatic heterocycles. The van der Waals surface area contributed by atoms with E-state index in [0.717, 1.165) is 35.2 Å². The molecule has 0 amide bonds. The maximum atomic E-state index is 12.6. The lowest BCUT2D eigenvalue weighted by Crippen LogP contribution is -2.47. The zero-order valence-electron chi connectivity index (χ0n) is 14.6. The smallest absolute Gasteiger partial charge is 0.271 e. The lowest BCUT2D eigenvalue weighted by atomic mass is 9.99. The van der Waals surface area contributed by atoms with Gasteiger partial charge in [0.25, 0.3) is 5.56 Å². The minimum atomic E-state index is 0.0493.